The molecule has 1 N–H and O–H groups in total. The minimum absolute atomic E-state index is 0.202. The lowest BCUT2D eigenvalue weighted by Gasteiger charge is -2.15. The fraction of sp³-hybridized carbons (Fsp3) is 0.222. The summed E-state index contributed by atoms with van der Waals surface area (Å²) in [4.78, 5) is 27.1. The van der Waals surface area contributed by atoms with Crippen LogP contribution in [0.25, 0.3) is 21.6 Å². The number of hydrogen-bond donors (Lipinski definition) is 1. The number of halogens is 2. The molecular formula is C18H15FIN5O3. The molecule has 28 heavy (non-hydrogen) atoms. The van der Waals surface area contributed by atoms with E-state index in [0.717, 1.165) is 0 Å². The molecule has 8 nitrogen and oxygen atoms in total. The number of carbonyl (C=O) groups is 2. The molecule has 0 radical (unpaired) electrons. The summed E-state index contributed by atoms with van der Waals surface area (Å²) in [6, 6.07) is 9.49. The van der Waals surface area contributed by atoms with Crippen molar-refractivity contribution < 1.29 is 18.7 Å². The molecule has 1 unspecified atom stereocenters. The quantitative estimate of drug-likeness (QED) is 0.286. The fourth-order valence-corrected chi connectivity index (χ4v) is 3.43. The Hall–Kier alpha value is -2.85. The van der Waals surface area contributed by atoms with Crippen LogP contribution >= 0.6 is 22.6 Å². The summed E-state index contributed by atoms with van der Waals surface area (Å²) in [5.41, 5.74) is 10.4. The Balaban J connectivity index is 1.81. The van der Waals surface area contributed by atoms with Gasteiger partial charge in [-0.3, -0.25) is 9.69 Å². The molecule has 3 rings (SSSR count). The van der Waals surface area contributed by atoms with E-state index in [9.17, 15) is 14.0 Å². The van der Waals surface area contributed by atoms with Crippen LogP contribution in [0.3, 0.4) is 0 Å². The molecule has 2 aromatic carbocycles. The number of rotatable bonds is 5. The van der Waals surface area contributed by atoms with Gasteiger partial charge in [-0.2, -0.15) is 0 Å². The molecule has 2 amide bonds. The maximum atomic E-state index is 14.7. The first-order chi connectivity index (χ1) is 13.4. The van der Waals surface area contributed by atoms with Crippen LogP contribution in [0.2, 0.25) is 0 Å². The van der Waals surface area contributed by atoms with Crippen LogP contribution in [0, 0.1) is 9.39 Å². The summed E-state index contributed by atoms with van der Waals surface area (Å²) in [6.45, 7) is 1.80. The normalized spacial score (nSPS) is 15.8. The van der Waals surface area contributed by atoms with Crippen LogP contribution in [-0.2, 0) is 9.53 Å². The number of anilines is 1. The van der Waals surface area contributed by atoms with E-state index in [2.05, 4.69) is 15.3 Å². The summed E-state index contributed by atoms with van der Waals surface area (Å²) in [5, 5.41) is 6.16. The van der Waals surface area contributed by atoms with E-state index in [0.29, 0.717) is 26.1 Å². The van der Waals surface area contributed by atoms with Gasteiger partial charge in [0, 0.05) is 21.0 Å². The van der Waals surface area contributed by atoms with Gasteiger partial charge in [0.2, 0.25) is 5.91 Å². The van der Waals surface area contributed by atoms with Crippen molar-refractivity contribution >= 4 is 46.0 Å². The zero-order valence-electron chi connectivity index (χ0n) is 14.7. The van der Waals surface area contributed by atoms with Gasteiger partial charge in [-0.15, -0.1) is 0 Å². The fourth-order valence-electron chi connectivity index (χ4n) is 2.81. The molecule has 0 bridgehead atoms. The average molecular weight is 495 g/mol. The molecule has 0 aliphatic carbocycles. The lowest BCUT2D eigenvalue weighted by atomic mass is 10.0. The molecule has 1 aliphatic rings. The van der Waals surface area contributed by atoms with Crippen molar-refractivity contribution in [3.63, 3.8) is 0 Å². The second-order valence-corrected chi connectivity index (χ2v) is 7.24. The average Bonchev–Trinajstić information content (AvgIpc) is 3.02. The number of carbonyl (C=O) groups excluding carboxylic acids is 2. The topological polar surface area (TPSA) is 107 Å². The number of hydrogen-bond acceptors (Lipinski definition) is 4. The van der Waals surface area contributed by atoms with Crippen LogP contribution < -0.4 is 10.2 Å². The van der Waals surface area contributed by atoms with Crippen molar-refractivity contribution in [1.29, 1.82) is 0 Å². The summed E-state index contributed by atoms with van der Waals surface area (Å²) in [6.07, 6.45) is -1.08. The van der Waals surface area contributed by atoms with Crippen LogP contribution in [0.4, 0.5) is 20.6 Å². The van der Waals surface area contributed by atoms with E-state index in [1.165, 1.54) is 17.9 Å². The molecule has 1 fully saturated rings. The first-order valence-corrected chi connectivity index (χ1v) is 9.34. The van der Waals surface area contributed by atoms with Gasteiger partial charge in [-0.05, 0) is 58.0 Å². The summed E-state index contributed by atoms with van der Waals surface area (Å²) in [7, 11) is 0. The van der Waals surface area contributed by atoms with E-state index in [-0.39, 0.29) is 19.0 Å². The third-order valence-corrected chi connectivity index (χ3v) is 4.99. The van der Waals surface area contributed by atoms with Crippen LogP contribution in [0.1, 0.15) is 6.92 Å². The van der Waals surface area contributed by atoms with Crippen LogP contribution in [0.5, 0.6) is 0 Å². The maximum Gasteiger partial charge on any atom is 0.414 e. The molecule has 2 aromatic rings. The molecule has 0 aromatic heterocycles. The Bertz CT molecular complexity index is 993. The highest BCUT2D eigenvalue weighted by Crippen LogP contribution is 2.32. The first-order valence-electron chi connectivity index (χ1n) is 8.26. The van der Waals surface area contributed by atoms with E-state index in [4.69, 9.17) is 10.3 Å². The van der Waals surface area contributed by atoms with Crippen molar-refractivity contribution in [3.05, 3.63) is 56.2 Å². The van der Waals surface area contributed by atoms with E-state index >= 15 is 0 Å². The first kappa shape index (κ1) is 19.9. The second-order valence-electron chi connectivity index (χ2n) is 6.07. The van der Waals surface area contributed by atoms with Gasteiger partial charge in [0.15, 0.2) is 0 Å². The SMILES string of the molecule is CC(=O)NCC1CN(c2ccc(-c3ccc(N=[N+]=[N-])c(I)c3)c(F)c2)C(=O)O1. The Morgan fingerprint density at radius 2 is 2.21 bits per heavy atom. The molecule has 0 spiro atoms. The van der Waals surface area contributed by atoms with E-state index in [1.807, 2.05) is 22.6 Å². The van der Waals surface area contributed by atoms with Crippen molar-refractivity contribution in [3.8, 4) is 11.1 Å². The summed E-state index contributed by atoms with van der Waals surface area (Å²) >= 11 is 2.02. The molecule has 1 aliphatic heterocycles. The summed E-state index contributed by atoms with van der Waals surface area (Å²) in [5.74, 6) is -0.714. The molecule has 144 valence electrons. The minimum Gasteiger partial charge on any atom is -0.442 e. The number of nitrogens with zero attached hydrogens (tertiary/aromatic N) is 4. The highest BCUT2D eigenvalue weighted by atomic mass is 127. The minimum atomic E-state index is -0.587. The number of ether oxygens (including phenoxy) is 1. The largest absolute Gasteiger partial charge is 0.442 e. The second kappa shape index (κ2) is 8.44. The Morgan fingerprint density at radius 1 is 1.43 bits per heavy atom. The lowest BCUT2D eigenvalue weighted by molar-refractivity contribution is -0.119. The van der Waals surface area contributed by atoms with E-state index in [1.54, 1.807) is 30.3 Å². The van der Waals surface area contributed by atoms with Crippen molar-refractivity contribution in [1.82, 2.24) is 5.32 Å². The van der Waals surface area contributed by atoms with Gasteiger partial charge in [-0.1, -0.05) is 17.2 Å². The molecule has 10 heteroatoms. The van der Waals surface area contributed by atoms with Gasteiger partial charge in [0.1, 0.15) is 11.9 Å². The predicted molar refractivity (Wildman–Crippen MR) is 110 cm³/mol. The third kappa shape index (κ3) is 4.34. The molecule has 1 atom stereocenters. The zero-order valence-corrected chi connectivity index (χ0v) is 16.9. The molecule has 1 heterocycles. The van der Waals surface area contributed by atoms with Crippen molar-refractivity contribution in [2.45, 2.75) is 13.0 Å². The van der Waals surface area contributed by atoms with Gasteiger partial charge in [-0.25, -0.2) is 9.18 Å². The number of benzene rings is 2. The maximum absolute atomic E-state index is 14.7. The van der Waals surface area contributed by atoms with Gasteiger partial charge in [0.25, 0.3) is 0 Å². The number of cyclic esters (lactones) is 1. The van der Waals surface area contributed by atoms with Gasteiger partial charge in [0.05, 0.1) is 24.5 Å². The van der Waals surface area contributed by atoms with Crippen LogP contribution in [-0.4, -0.2) is 31.2 Å². The third-order valence-electron chi connectivity index (χ3n) is 4.13. The van der Waals surface area contributed by atoms with Crippen molar-refractivity contribution in [2.75, 3.05) is 18.0 Å². The predicted octanol–water partition coefficient (Wildman–Crippen LogP) is 4.50. The molecule has 1 saturated heterocycles. The van der Waals surface area contributed by atoms with Crippen LogP contribution in [0.15, 0.2) is 41.5 Å². The lowest BCUT2D eigenvalue weighted by Crippen LogP contribution is -2.33. The number of azide groups is 1. The zero-order chi connectivity index (χ0) is 20.3. The Labute approximate surface area is 173 Å². The smallest absolute Gasteiger partial charge is 0.414 e. The van der Waals surface area contributed by atoms with Gasteiger partial charge < -0.3 is 10.1 Å². The Kier molecular flexibility index (Phi) is 6.00. The highest BCUT2D eigenvalue weighted by Gasteiger charge is 2.32. The van der Waals surface area contributed by atoms with Crippen molar-refractivity contribution in [2.24, 2.45) is 5.11 Å². The van der Waals surface area contributed by atoms with E-state index < -0.39 is 18.0 Å². The molecular weight excluding hydrogens is 480 g/mol. The summed E-state index contributed by atoms with van der Waals surface area (Å²) < 4.78 is 20.6. The standard InChI is InChI=1S/C18H15FIN5O3/c1-10(26)22-8-13-9-25(18(27)28-13)12-3-4-14(15(19)7-12)11-2-5-17(23-24-21)16(20)6-11/h2-7,13H,8-9H2,1H3,(H,22,26). The Morgan fingerprint density at radius 3 is 2.86 bits per heavy atom. The number of nitrogens with one attached hydrogen (secondary N) is 1. The molecule has 0 saturated carbocycles. The monoisotopic (exact) mass is 495 g/mol. The van der Waals surface area contributed by atoms with Gasteiger partial charge >= 0.3 is 6.09 Å². The number of amides is 2. The highest BCUT2D eigenvalue weighted by molar-refractivity contribution is 14.1.